The van der Waals surface area contributed by atoms with E-state index in [4.69, 9.17) is 9.15 Å². The number of nitrogens with zero attached hydrogens (tertiary/aromatic N) is 4. The van der Waals surface area contributed by atoms with Gasteiger partial charge in [-0.2, -0.15) is 0 Å². The summed E-state index contributed by atoms with van der Waals surface area (Å²) in [7, 11) is 0. The lowest BCUT2D eigenvalue weighted by Gasteiger charge is -2.32. The number of hydrogen-bond acceptors (Lipinski definition) is 5. The molecule has 0 aliphatic carbocycles. The zero-order chi connectivity index (χ0) is 16.4. The second-order valence-corrected chi connectivity index (χ2v) is 5.66. The number of aryl methyl sites for hydroxylation is 3. The predicted octanol–water partition coefficient (Wildman–Crippen LogP) is 1.98. The number of carbonyl (C=O) groups excluding carboxylic acids is 1. The van der Waals surface area contributed by atoms with Crippen molar-refractivity contribution in [1.82, 2.24) is 19.7 Å². The molecule has 0 unspecified atom stereocenters. The summed E-state index contributed by atoms with van der Waals surface area (Å²) >= 11 is 0. The number of carbonyl (C=O) groups is 1. The summed E-state index contributed by atoms with van der Waals surface area (Å²) in [4.78, 5) is 14.5. The smallest absolute Gasteiger partial charge is 0.290 e. The fraction of sp³-hybridized carbons (Fsp3) is 0.562. The maximum atomic E-state index is 12.8. The van der Waals surface area contributed by atoms with Crippen molar-refractivity contribution in [2.45, 2.75) is 39.8 Å². The van der Waals surface area contributed by atoms with Crippen LogP contribution in [0, 0.1) is 6.92 Å². The highest BCUT2D eigenvalue weighted by molar-refractivity contribution is 5.93. The van der Waals surface area contributed by atoms with Crippen LogP contribution in [-0.4, -0.2) is 45.3 Å². The van der Waals surface area contributed by atoms with Crippen molar-refractivity contribution in [3.8, 4) is 0 Å². The van der Waals surface area contributed by atoms with Gasteiger partial charge in [0.15, 0.2) is 11.6 Å². The Kier molecular flexibility index (Phi) is 4.47. The lowest BCUT2D eigenvalue weighted by Crippen LogP contribution is -2.43. The van der Waals surface area contributed by atoms with E-state index < -0.39 is 0 Å². The Morgan fingerprint density at radius 2 is 2.26 bits per heavy atom. The van der Waals surface area contributed by atoms with Gasteiger partial charge in [0.1, 0.15) is 18.2 Å². The molecule has 3 rings (SSSR count). The first kappa shape index (κ1) is 15.7. The minimum absolute atomic E-state index is 0.0851. The molecule has 1 aliphatic heterocycles. The van der Waals surface area contributed by atoms with Crippen LogP contribution in [0.25, 0.3) is 0 Å². The van der Waals surface area contributed by atoms with Crippen LogP contribution in [0.2, 0.25) is 0 Å². The van der Waals surface area contributed by atoms with E-state index in [9.17, 15) is 4.79 Å². The molecule has 1 atom stereocenters. The highest BCUT2D eigenvalue weighted by atomic mass is 16.5. The summed E-state index contributed by atoms with van der Waals surface area (Å²) in [6.45, 7) is 8.20. The van der Waals surface area contributed by atoms with Gasteiger partial charge in [0.2, 0.25) is 0 Å². The molecule has 0 radical (unpaired) electrons. The monoisotopic (exact) mass is 318 g/mol. The summed E-state index contributed by atoms with van der Waals surface area (Å²) in [5, 5.41) is 8.07. The quantitative estimate of drug-likeness (QED) is 0.862. The van der Waals surface area contributed by atoms with E-state index >= 15 is 0 Å². The van der Waals surface area contributed by atoms with E-state index in [-0.39, 0.29) is 12.0 Å². The third kappa shape index (κ3) is 3.01. The first-order chi connectivity index (χ1) is 11.1. The lowest BCUT2D eigenvalue weighted by atomic mass is 10.2. The van der Waals surface area contributed by atoms with Gasteiger partial charge in [-0.1, -0.05) is 6.92 Å². The van der Waals surface area contributed by atoms with E-state index in [1.54, 1.807) is 11.2 Å². The zero-order valence-corrected chi connectivity index (χ0v) is 13.8. The number of ether oxygens (including phenoxy) is 1. The van der Waals surface area contributed by atoms with Crippen molar-refractivity contribution in [3.05, 3.63) is 35.3 Å². The second-order valence-electron chi connectivity index (χ2n) is 5.66. The van der Waals surface area contributed by atoms with Crippen LogP contribution in [0.1, 0.15) is 47.7 Å². The van der Waals surface area contributed by atoms with E-state index in [2.05, 4.69) is 10.2 Å². The first-order valence-electron chi connectivity index (χ1n) is 8.01. The standard InChI is InChI=1S/C16H22N4O3/c1-4-12-8-11(3)14(23-12)16(21)20-6-7-22-13(9-20)15-18-17-10-19(15)5-2/h8,10,13H,4-7,9H2,1-3H3/t13-/m0/s1. The third-order valence-corrected chi connectivity index (χ3v) is 4.14. The minimum atomic E-state index is -0.254. The maximum absolute atomic E-state index is 12.8. The van der Waals surface area contributed by atoms with Crippen molar-refractivity contribution < 1.29 is 13.9 Å². The molecule has 0 spiro atoms. The topological polar surface area (TPSA) is 73.4 Å². The third-order valence-electron chi connectivity index (χ3n) is 4.14. The molecule has 0 aromatic carbocycles. The maximum Gasteiger partial charge on any atom is 0.290 e. The minimum Gasteiger partial charge on any atom is -0.456 e. The van der Waals surface area contributed by atoms with E-state index in [1.165, 1.54) is 0 Å². The molecule has 23 heavy (non-hydrogen) atoms. The van der Waals surface area contributed by atoms with Crippen LogP contribution in [0.5, 0.6) is 0 Å². The van der Waals surface area contributed by atoms with Gasteiger partial charge in [-0.05, 0) is 19.9 Å². The Labute approximate surface area is 135 Å². The second kappa shape index (κ2) is 6.54. The number of furan rings is 1. The molecule has 1 saturated heterocycles. The molecule has 124 valence electrons. The Balaban J connectivity index is 1.78. The SMILES string of the molecule is CCc1cc(C)c(C(=O)N2CCO[C@H](c3nncn3CC)C2)o1. The molecular weight excluding hydrogens is 296 g/mol. The molecule has 3 heterocycles. The average Bonchev–Trinajstić information content (AvgIpc) is 3.20. The first-order valence-corrected chi connectivity index (χ1v) is 8.01. The average molecular weight is 318 g/mol. The van der Waals surface area contributed by atoms with Gasteiger partial charge in [0, 0.05) is 25.1 Å². The fourth-order valence-corrected chi connectivity index (χ4v) is 2.83. The highest BCUT2D eigenvalue weighted by Crippen LogP contribution is 2.24. The van der Waals surface area contributed by atoms with Crippen LogP contribution < -0.4 is 0 Å². The highest BCUT2D eigenvalue weighted by Gasteiger charge is 2.31. The van der Waals surface area contributed by atoms with E-state index in [0.717, 1.165) is 30.1 Å². The van der Waals surface area contributed by atoms with Crippen LogP contribution in [0.15, 0.2) is 16.8 Å². The Bertz CT molecular complexity index is 691. The molecule has 7 heteroatoms. The number of amides is 1. The lowest BCUT2D eigenvalue weighted by molar-refractivity contribution is -0.0293. The normalized spacial score (nSPS) is 18.4. The van der Waals surface area contributed by atoms with Gasteiger partial charge < -0.3 is 18.6 Å². The Morgan fingerprint density at radius 3 is 2.96 bits per heavy atom. The predicted molar refractivity (Wildman–Crippen MR) is 83.1 cm³/mol. The van der Waals surface area contributed by atoms with Gasteiger partial charge >= 0.3 is 0 Å². The van der Waals surface area contributed by atoms with Crippen LogP contribution in [0.3, 0.4) is 0 Å². The largest absolute Gasteiger partial charge is 0.456 e. The van der Waals surface area contributed by atoms with Gasteiger partial charge in [-0.3, -0.25) is 4.79 Å². The molecule has 1 aliphatic rings. The molecule has 7 nitrogen and oxygen atoms in total. The molecule has 0 bridgehead atoms. The summed E-state index contributed by atoms with van der Waals surface area (Å²) < 4.78 is 13.4. The number of rotatable bonds is 4. The Morgan fingerprint density at radius 1 is 1.43 bits per heavy atom. The van der Waals surface area contributed by atoms with E-state index in [1.807, 2.05) is 31.4 Å². The number of hydrogen-bond donors (Lipinski definition) is 0. The summed E-state index contributed by atoms with van der Waals surface area (Å²) in [5.41, 5.74) is 0.881. The number of aromatic nitrogens is 3. The van der Waals surface area contributed by atoms with Gasteiger partial charge in [0.05, 0.1) is 13.2 Å². The summed E-state index contributed by atoms with van der Waals surface area (Å²) in [5.74, 6) is 1.94. The van der Waals surface area contributed by atoms with Gasteiger partial charge in [0.25, 0.3) is 5.91 Å². The van der Waals surface area contributed by atoms with Crippen molar-refractivity contribution in [2.24, 2.45) is 0 Å². The van der Waals surface area contributed by atoms with Crippen molar-refractivity contribution in [2.75, 3.05) is 19.7 Å². The zero-order valence-electron chi connectivity index (χ0n) is 13.8. The molecule has 1 amide bonds. The van der Waals surface area contributed by atoms with Crippen molar-refractivity contribution in [3.63, 3.8) is 0 Å². The number of morpholine rings is 1. The van der Waals surface area contributed by atoms with Crippen LogP contribution in [-0.2, 0) is 17.7 Å². The van der Waals surface area contributed by atoms with Crippen molar-refractivity contribution >= 4 is 5.91 Å². The summed E-state index contributed by atoms with van der Waals surface area (Å²) in [6, 6.07) is 1.93. The van der Waals surface area contributed by atoms with Gasteiger partial charge in [-0.15, -0.1) is 10.2 Å². The molecule has 2 aromatic rings. The Hall–Kier alpha value is -2.15. The molecular formula is C16H22N4O3. The van der Waals surface area contributed by atoms with Gasteiger partial charge in [-0.25, -0.2) is 0 Å². The molecule has 2 aromatic heterocycles. The van der Waals surface area contributed by atoms with Crippen LogP contribution in [0.4, 0.5) is 0 Å². The molecule has 0 N–H and O–H groups in total. The molecule has 1 fully saturated rings. The molecule has 0 saturated carbocycles. The fourth-order valence-electron chi connectivity index (χ4n) is 2.83. The van der Waals surface area contributed by atoms with E-state index in [0.29, 0.717) is 25.5 Å². The van der Waals surface area contributed by atoms with Crippen molar-refractivity contribution in [1.29, 1.82) is 0 Å². The summed E-state index contributed by atoms with van der Waals surface area (Å²) in [6.07, 6.45) is 2.21. The van der Waals surface area contributed by atoms with Crippen LogP contribution >= 0.6 is 0 Å².